The van der Waals surface area contributed by atoms with Crippen molar-refractivity contribution in [2.75, 3.05) is 31.1 Å². The van der Waals surface area contributed by atoms with Gasteiger partial charge in [0.15, 0.2) is 0 Å². The number of thioether (sulfide) groups is 1. The highest BCUT2D eigenvalue weighted by atomic mass is 32.2. The molecule has 186 valence electrons. The van der Waals surface area contributed by atoms with Crippen LogP contribution >= 0.6 is 24.0 Å². The Hall–Kier alpha value is -3.01. The number of pyridine rings is 1. The lowest BCUT2D eigenvalue weighted by Crippen LogP contribution is -2.47. The number of hydrogen-bond donors (Lipinski definition) is 0. The number of thiocarbonyl (C=S) groups is 1. The summed E-state index contributed by atoms with van der Waals surface area (Å²) in [4.78, 5) is 38.4. The Bertz CT molecular complexity index is 1380. The third kappa shape index (κ3) is 4.83. The second-order valence-corrected chi connectivity index (χ2v) is 10.8. The Kier molecular flexibility index (Phi) is 7.22. The second kappa shape index (κ2) is 10.5. The monoisotopic (exact) mass is 519 g/mol. The van der Waals surface area contributed by atoms with E-state index in [1.165, 1.54) is 21.7 Å². The summed E-state index contributed by atoms with van der Waals surface area (Å²) in [5, 5.41) is 0. The van der Waals surface area contributed by atoms with Crippen LogP contribution in [-0.2, 0) is 11.3 Å². The van der Waals surface area contributed by atoms with Gasteiger partial charge in [-0.05, 0) is 37.1 Å². The maximum Gasteiger partial charge on any atom is 0.267 e. The molecule has 4 heterocycles. The molecular weight excluding hydrogens is 490 g/mol. The Balaban J connectivity index is 1.47. The summed E-state index contributed by atoms with van der Waals surface area (Å²) in [6.07, 6.45) is 4.22. The van der Waals surface area contributed by atoms with Crippen LogP contribution in [0.15, 0.2) is 64.4 Å². The Morgan fingerprint density at radius 2 is 1.78 bits per heavy atom. The van der Waals surface area contributed by atoms with Gasteiger partial charge in [0.2, 0.25) is 0 Å². The smallest absolute Gasteiger partial charge is 0.267 e. The van der Waals surface area contributed by atoms with Crippen molar-refractivity contribution in [3.63, 3.8) is 0 Å². The number of aromatic nitrogens is 2. The predicted octanol–water partition coefficient (Wildman–Crippen LogP) is 4.02. The number of amides is 1. The van der Waals surface area contributed by atoms with Gasteiger partial charge >= 0.3 is 0 Å². The molecule has 0 unspecified atom stereocenters. The molecule has 2 saturated heterocycles. The van der Waals surface area contributed by atoms with E-state index in [1.807, 2.05) is 38.1 Å². The lowest BCUT2D eigenvalue weighted by atomic mass is 10.1. The first-order valence-electron chi connectivity index (χ1n) is 12.3. The maximum atomic E-state index is 13.6. The molecule has 2 fully saturated rings. The zero-order chi connectivity index (χ0) is 25.2. The fraction of sp³-hybridized carbons (Fsp3) is 0.333. The van der Waals surface area contributed by atoms with Gasteiger partial charge in [-0.25, -0.2) is 4.98 Å². The summed E-state index contributed by atoms with van der Waals surface area (Å²) in [5.41, 5.74) is 2.13. The Morgan fingerprint density at radius 3 is 2.50 bits per heavy atom. The number of benzene rings is 1. The molecule has 1 amide bonds. The molecule has 0 spiro atoms. The van der Waals surface area contributed by atoms with Crippen LogP contribution in [0.3, 0.4) is 0 Å². The molecule has 2 aliphatic rings. The zero-order valence-corrected chi connectivity index (χ0v) is 22.1. The first kappa shape index (κ1) is 24.7. The largest absolute Gasteiger partial charge is 0.353 e. The van der Waals surface area contributed by atoms with Crippen LogP contribution in [0.5, 0.6) is 0 Å². The number of carbonyl (C=O) groups is 1. The highest BCUT2D eigenvalue weighted by molar-refractivity contribution is 8.26. The fourth-order valence-corrected chi connectivity index (χ4v) is 6.04. The van der Waals surface area contributed by atoms with E-state index >= 15 is 0 Å². The van der Waals surface area contributed by atoms with E-state index in [0.717, 1.165) is 39.1 Å². The molecule has 0 N–H and O–H groups in total. The van der Waals surface area contributed by atoms with E-state index in [0.29, 0.717) is 26.3 Å². The van der Waals surface area contributed by atoms with Crippen LogP contribution in [0.2, 0.25) is 0 Å². The average Bonchev–Trinajstić information content (AvgIpc) is 3.18. The zero-order valence-electron chi connectivity index (χ0n) is 20.5. The number of fused-ring (bicyclic) bond motifs is 1. The van der Waals surface area contributed by atoms with Gasteiger partial charge in [0.05, 0.1) is 10.5 Å². The molecule has 1 aromatic carbocycles. The molecule has 36 heavy (non-hydrogen) atoms. The Morgan fingerprint density at radius 1 is 1.06 bits per heavy atom. The lowest BCUT2D eigenvalue weighted by Gasteiger charge is -2.36. The molecule has 0 radical (unpaired) electrons. The molecule has 3 aromatic rings. The minimum Gasteiger partial charge on any atom is -0.353 e. The summed E-state index contributed by atoms with van der Waals surface area (Å²) in [6, 6.07) is 16.0. The molecule has 0 aliphatic carbocycles. The predicted molar refractivity (Wildman–Crippen MR) is 150 cm³/mol. The normalized spacial score (nSPS) is 19.0. The van der Waals surface area contributed by atoms with Crippen molar-refractivity contribution in [2.45, 2.75) is 32.9 Å². The third-order valence-electron chi connectivity index (χ3n) is 6.80. The van der Waals surface area contributed by atoms with Gasteiger partial charge in [-0.1, -0.05) is 67.3 Å². The summed E-state index contributed by atoms with van der Waals surface area (Å²) in [6.45, 7) is 8.13. The number of rotatable bonds is 6. The van der Waals surface area contributed by atoms with Crippen LogP contribution in [0.25, 0.3) is 11.7 Å². The molecule has 0 bridgehead atoms. The number of anilines is 1. The van der Waals surface area contributed by atoms with Crippen molar-refractivity contribution in [1.29, 1.82) is 0 Å². The maximum absolute atomic E-state index is 13.6. The van der Waals surface area contributed by atoms with E-state index < -0.39 is 0 Å². The summed E-state index contributed by atoms with van der Waals surface area (Å²) < 4.78 is 2.07. The average molecular weight is 520 g/mol. The molecule has 0 saturated carbocycles. The minimum absolute atomic E-state index is 0.0105. The van der Waals surface area contributed by atoms with Crippen molar-refractivity contribution in [1.82, 2.24) is 19.2 Å². The highest BCUT2D eigenvalue weighted by Crippen LogP contribution is 2.35. The van der Waals surface area contributed by atoms with Gasteiger partial charge in [-0.2, -0.15) is 0 Å². The third-order valence-corrected chi connectivity index (χ3v) is 8.13. The summed E-state index contributed by atoms with van der Waals surface area (Å²) >= 11 is 6.76. The van der Waals surface area contributed by atoms with E-state index in [9.17, 15) is 9.59 Å². The van der Waals surface area contributed by atoms with Gasteiger partial charge in [-0.3, -0.25) is 23.8 Å². The molecule has 9 heteroatoms. The van der Waals surface area contributed by atoms with Gasteiger partial charge < -0.3 is 4.90 Å². The molecule has 2 aromatic heterocycles. The van der Waals surface area contributed by atoms with Gasteiger partial charge in [0.25, 0.3) is 11.5 Å². The van der Waals surface area contributed by atoms with Crippen molar-refractivity contribution in [2.24, 2.45) is 0 Å². The molecule has 5 rings (SSSR count). The molecule has 1 atom stereocenters. The van der Waals surface area contributed by atoms with Crippen LogP contribution in [0.4, 0.5) is 5.82 Å². The summed E-state index contributed by atoms with van der Waals surface area (Å²) in [5.74, 6) is 0.481. The number of piperazine rings is 1. The van der Waals surface area contributed by atoms with Crippen molar-refractivity contribution in [3.8, 4) is 0 Å². The van der Waals surface area contributed by atoms with Gasteiger partial charge in [0.1, 0.15) is 15.8 Å². The van der Waals surface area contributed by atoms with Crippen LogP contribution in [0, 0.1) is 0 Å². The highest BCUT2D eigenvalue weighted by Gasteiger charge is 2.35. The standard InChI is InChI=1S/C27H29N5O2S2/c1-3-19(2)32-26(34)22(36-27(32)35)17-21-24(28-23-11-7-8-12-31(23)25(21)33)30-15-13-29(14-16-30)18-20-9-5-4-6-10-20/h4-12,17,19H,3,13-16,18H2,1-2H3/b22-17-/t19-/m1/s1. The van der Waals surface area contributed by atoms with Gasteiger partial charge in [-0.15, -0.1) is 0 Å². The van der Waals surface area contributed by atoms with Crippen LogP contribution < -0.4 is 10.5 Å². The molecule has 2 aliphatic heterocycles. The SMILES string of the molecule is CC[C@@H](C)N1C(=O)/C(=C/c2c(N3CCN(Cc4ccccc4)CC3)nc3ccccn3c2=O)SC1=S. The topological polar surface area (TPSA) is 61.2 Å². The number of nitrogens with zero attached hydrogens (tertiary/aromatic N) is 5. The Labute approximate surface area is 220 Å². The van der Waals surface area contributed by atoms with E-state index in [-0.39, 0.29) is 17.5 Å². The molecule has 7 nitrogen and oxygen atoms in total. The number of carbonyl (C=O) groups excluding carboxylic acids is 1. The van der Waals surface area contributed by atoms with Crippen LogP contribution in [-0.4, -0.2) is 61.6 Å². The fourth-order valence-electron chi connectivity index (χ4n) is 4.59. The van der Waals surface area contributed by atoms with Crippen LogP contribution in [0.1, 0.15) is 31.4 Å². The van der Waals surface area contributed by atoms with E-state index in [1.54, 1.807) is 17.2 Å². The summed E-state index contributed by atoms with van der Waals surface area (Å²) in [7, 11) is 0. The lowest BCUT2D eigenvalue weighted by molar-refractivity contribution is -0.123. The molecular formula is C27H29N5O2S2. The quantitative estimate of drug-likeness (QED) is 0.360. The van der Waals surface area contributed by atoms with Crippen molar-refractivity contribution in [3.05, 3.63) is 81.1 Å². The number of hydrogen-bond acceptors (Lipinski definition) is 7. The van der Waals surface area contributed by atoms with Gasteiger partial charge in [0, 0.05) is 45.0 Å². The second-order valence-electron chi connectivity index (χ2n) is 9.14. The first-order chi connectivity index (χ1) is 17.5. The van der Waals surface area contributed by atoms with E-state index in [4.69, 9.17) is 17.2 Å². The van der Waals surface area contributed by atoms with Crippen molar-refractivity contribution < 1.29 is 4.79 Å². The minimum atomic E-state index is -0.184. The first-order valence-corrected chi connectivity index (χ1v) is 13.5. The van der Waals surface area contributed by atoms with E-state index in [2.05, 4.69) is 34.1 Å². The van der Waals surface area contributed by atoms with Crippen molar-refractivity contribution >= 4 is 51.7 Å².